The fourth-order valence-electron chi connectivity index (χ4n) is 2.67. The van der Waals surface area contributed by atoms with Crippen molar-refractivity contribution in [1.29, 1.82) is 0 Å². The topological polar surface area (TPSA) is 77.2 Å². The predicted molar refractivity (Wildman–Crippen MR) is 103 cm³/mol. The minimum atomic E-state index is 0.281. The normalized spacial score (nSPS) is 13.0. The van der Waals surface area contributed by atoms with Gasteiger partial charge in [-0.3, -0.25) is 0 Å². The number of rotatable bonds is 10. The first kappa shape index (κ1) is 19.1. The van der Waals surface area contributed by atoms with Crippen LogP contribution in [0.2, 0.25) is 0 Å². The van der Waals surface area contributed by atoms with E-state index in [1.807, 2.05) is 37.3 Å². The van der Waals surface area contributed by atoms with E-state index in [0.717, 1.165) is 67.9 Å². The van der Waals surface area contributed by atoms with E-state index in [9.17, 15) is 0 Å². The fraction of sp³-hybridized carbons (Fsp3) is 0.450. The van der Waals surface area contributed by atoms with Crippen molar-refractivity contribution in [2.45, 2.75) is 26.3 Å². The van der Waals surface area contributed by atoms with Gasteiger partial charge in [-0.25, -0.2) is 4.99 Å². The Morgan fingerprint density at radius 2 is 2.04 bits per heavy atom. The molecule has 146 valence electrons. The molecule has 2 aromatic rings. The summed E-state index contributed by atoms with van der Waals surface area (Å²) in [6.45, 7) is 5.86. The third-order valence-electron chi connectivity index (χ3n) is 4.06. The highest BCUT2D eigenvalue weighted by Crippen LogP contribution is 2.32. The minimum Gasteiger partial charge on any atom is -0.469 e. The summed E-state index contributed by atoms with van der Waals surface area (Å²) < 4.78 is 21.5. The largest absolute Gasteiger partial charge is 0.469 e. The average molecular weight is 373 g/mol. The van der Waals surface area contributed by atoms with Crippen molar-refractivity contribution in [2.75, 3.05) is 33.1 Å². The summed E-state index contributed by atoms with van der Waals surface area (Å²) in [4.78, 5) is 4.68. The van der Waals surface area contributed by atoms with Gasteiger partial charge in [-0.2, -0.15) is 0 Å². The van der Waals surface area contributed by atoms with Gasteiger partial charge < -0.3 is 29.3 Å². The number of furan rings is 1. The molecule has 0 saturated heterocycles. The minimum absolute atomic E-state index is 0.281. The van der Waals surface area contributed by atoms with Crippen molar-refractivity contribution in [3.05, 3.63) is 47.9 Å². The lowest BCUT2D eigenvalue weighted by Crippen LogP contribution is -2.39. The Bertz CT molecular complexity index is 716. The van der Waals surface area contributed by atoms with E-state index in [4.69, 9.17) is 18.6 Å². The van der Waals surface area contributed by atoms with Crippen molar-refractivity contribution in [2.24, 2.45) is 4.99 Å². The van der Waals surface area contributed by atoms with Gasteiger partial charge in [-0.15, -0.1) is 0 Å². The van der Waals surface area contributed by atoms with Crippen molar-refractivity contribution in [3.63, 3.8) is 0 Å². The average Bonchev–Trinajstić information content (AvgIpc) is 3.36. The van der Waals surface area contributed by atoms with Crippen LogP contribution in [-0.4, -0.2) is 39.1 Å². The highest BCUT2D eigenvalue weighted by Gasteiger charge is 2.13. The molecule has 7 heteroatoms. The Balaban J connectivity index is 1.52. The SMILES string of the molecule is CCOCCCNC(=NCc1ccc2c(c1)OCO2)NCCc1ccco1. The maximum Gasteiger partial charge on any atom is 0.231 e. The summed E-state index contributed by atoms with van der Waals surface area (Å²) in [5.74, 6) is 3.29. The summed E-state index contributed by atoms with van der Waals surface area (Å²) in [5.41, 5.74) is 1.07. The first-order chi connectivity index (χ1) is 13.3. The van der Waals surface area contributed by atoms with E-state index in [0.29, 0.717) is 6.54 Å². The van der Waals surface area contributed by atoms with Crippen LogP contribution in [0.25, 0.3) is 0 Å². The number of benzene rings is 1. The van der Waals surface area contributed by atoms with E-state index in [-0.39, 0.29) is 6.79 Å². The van der Waals surface area contributed by atoms with Gasteiger partial charge in [0.05, 0.1) is 12.8 Å². The number of fused-ring (bicyclic) bond motifs is 1. The maximum atomic E-state index is 5.43. The monoisotopic (exact) mass is 373 g/mol. The molecular weight excluding hydrogens is 346 g/mol. The smallest absolute Gasteiger partial charge is 0.231 e. The number of hydrogen-bond acceptors (Lipinski definition) is 5. The Kier molecular flexibility index (Phi) is 7.41. The first-order valence-electron chi connectivity index (χ1n) is 9.36. The molecule has 0 atom stereocenters. The zero-order valence-corrected chi connectivity index (χ0v) is 15.7. The fourth-order valence-corrected chi connectivity index (χ4v) is 2.67. The standard InChI is InChI=1S/C20H27N3O4/c1-2-24-11-4-9-21-20(22-10-8-17-5-3-12-25-17)23-14-16-6-7-18-19(13-16)27-15-26-18/h3,5-7,12-13H,2,4,8-11,14-15H2,1H3,(H2,21,22,23). The van der Waals surface area contributed by atoms with Crippen molar-refractivity contribution in [1.82, 2.24) is 10.6 Å². The second-order valence-electron chi connectivity index (χ2n) is 6.09. The van der Waals surface area contributed by atoms with E-state index < -0.39 is 0 Å². The quantitative estimate of drug-likeness (QED) is 0.379. The molecule has 1 aromatic carbocycles. The van der Waals surface area contributed by atoms with E-state index >= 15 is 0 Å². The van der Waals surface area contributed by atoms with E-state index in [1.54, 1.807) is 6.26 Å². The molecular formula is C20H27N3O4. The molecule has 0 spiro atoms. The Morgan fingerprint density at radius 3 is 2.89 bits per heavy atom. The van der Waals surface area contributed by atoms with Gasteiger partial charge in [0.15, 0.2) is 17.5 Å². The van der Waals surface area contributed by atoms with Crippen LogP contribution in [0.3, 0.4) is 0 Å². The summed E-state index contributed by atoms with van der Waals surface area (Å²) in [6.07, 6.45) is 3.42. The molecule has 0 amide bonds. The third-order valence-corrected chi connectivity index (χ3v) is 4.06. The molecule has 2 heterocycles. The molecule has 0 unspecified atom stereocenters. The van der Waals surface area contributed by atoms with Crippen LogP contribution in [0.1, 0.15) is 24.7 Å². The Labute approximate surface area is 159 Å². The maximum absolute atomic E-state index is 5.43. The number of hydrogen-bond donors (Lipinski definition) is 2. The number of nitrogens with zero attached hydrogens (tertiary/aromatic N) is 1. The molecule has 0 saturated carbocycles. The molecule has 1 aliphatic heterocycles. The second-order valence-corrected chi connectivity index (χ2v) is 6.09. The van der Waals surface area contributed by atoms with Crippen molar-refractivity contribution in [3.8, 4) is 11.5 Å². The van der Waals surface area contributed by atoms with Crippen LogP contribution < -0.4 is 20.1 Å². The third kappa shape index (κ3) is 6.21. The second kappa shape index (κ2) is 10.5. The molecule has 1 aromatic heterocycles. The number of nitrogens with one attached hydrogen (secondary N) is 2. The molecule has 0 fully saturated rings. The molecule has 0 aliphatic carbocycles. The van der Waals surface area contributed by atoms with Gasteiger partial charge in [0, 0.05) is 32.7 Å². The van der Waals surface area contributed by atoms with Crippen LogP contribution in [0.15, 0.2) is 46.0 Å². The van der Waals surface area contributed by atoms with Gasteiger partial charge in [0.1, 0.15) is 5.76 Å². The lowest BCUT2D eigenvalue weighted by Gasteiger charge is -2.12. The molecule has 3 rings (SSSR count). The van der Waals surface area contributed by atoms with Crippen molar-refractivity contribution >= 4 is 5.96 Å². The summed E-state index contributed by atoms with van der Waals surface area (Å²) in [6, 6.07) is 9.78. The van der Waals surface area contributed by atoms with Gasteiger partial charge in [0.25, 0.3) is 0 Å². The lowest BCUT2D eigenvalue weighted by molar-refractivity contribution is 0.145. The zero-order valence-electron chi connectivity index (χ0n) is 15.7. The molecule has 1 aliphatic rings. The van der Waals surface area contributed by atoms with Gasteiger partial charge in [-0.1, -0.05) is 6.07 Å². The highest BCUT2D eigenvalue weighted by atomic mass is 16.7. The Morgan fingerprint density at radius 1 is 1.15 bits per heavy atom. The molecule has 27 heavy (non-hydrogen) atoms. The van der Waals surface area contributed by atoms with Crippen molar-refractivity contribution < 1.29 is 18.6 Å². The number of aliphatic imine (C=N–C) groups is 1. The summed E-state index contributed by atoms with van der Waals surface area (Å²) >= 11 is 0. The number of guanidine groups is 1. The van der Waals surface area contributed by atoms with Gasteiger partial charge in [-0.05, 0) is 43.2 Å². The van der Waals surface area contributed by atoms with Crippen LogP contribution in [-0.2, 0) is 17.7 Å². The number of ether oxygens (including phenoxy) is 3. The van der Waals surface area contributed by atoms with E-state index in [2.05, 4.69) is 15.6 Å². The van der Waals surface area contributed by atoms with Crippen LogP contribution in [0, 0.1) is 0 Å². The summed E-state index contributed by atoms with van der Waals surface area (Å²) in [7, 11) is 0. The van der Waals surface area contributed by atoms with Gasteiger partial charge in [0.2, 0.25) is 6.79 Å². The van der Waals surface area contributed by atoms with E-state index in [1.165, 1.54) is 0 Å². The van der Waals surface area contributed by atoms with Crippen LogP contribution in [0.4, 0.5) is 0 Å². The Hall–Kier alpha value is -2.67. The zero-order chi connectivity index (χ0) is 18.7. The predicted octanol–water partition coefficient (Wildman–Crippen LogP) is 2.71. The van der Waals surface area contributed by atoms with Crippen LogP contribution >= 0.6 is 0 Å². The first-order valence-corrected chi connectivity index (χ1v) is 9.36. The molecule has 2 N–H and O–H groups in total. The molecule has 7 nitrogen and oxygen atoms in total. The molecule has 0 radical (unpaired) electrons. The molecule has 0 bridgehead atoms. The lowest BCUT2D eigenvalue weighted by atomic mass is 10.2. The highest BCUT2D eigenvalue weighted by molar-refractivity contribution is 5.79. The van der Waals surface area contributed by atoms with Crippen LogP contribution in [0.5, 0.6) is 11.5 Å². The summed E-state index contributed by atoms with van der Waals surface area (Å²) in [5, 5.41) is 6.71. The van der Waals surface area contributed by atoms with Gasteiger partial charge >= 0.3 is 0 Å².